The van der Waals surface area contributed by atoms with Gasteiger partial charge in [-0.2, -0.15) is 5.10 Å². The lowest BCUT2D eigenvalue weighted by Crippen LogP contribution is -2.08. The summed E-state index contributed by atoms with van der Waals surface area (Å²) in [5.41, 5.74) is 2.68. The summed E-state index contributed by atoms with van der Waals surface area (Å²) in [6, 6.07) is 9.65. The van der Waals surface area contributed by atoms with Crippen molar-refractivity contribution in [2.24, 2.45) is 0 Å². The summed E-state index contributed by atoms with van der Waals surface area (Å²) in [6.45, 7) is 1.83. The minimum Gasteiger partial charge on any atom is -0.476 e. The lowest BCUT2D eigenvalue weighted by Gasteiger charge is -2.16. The van der Waals surface area contributed by atoms with Crippen LogP contribution in [0.3, 0.4) is 0 Å². The third kappa shape index (κ3) is 2.40. The van der Waals surface area contributed by atoms with Crippen molar-refractivity contribution in [3.8, 4) is 5.69 Å². The van der Waals surface area contributed by atoms with E-state index in [0.29, 0.717) is 0 Å². The molecule has 1 unspecified atom stereocenters. The molecule has 0 saturated heterocycles. The van der Waals surface area contributed by atoms with E-state index < -0.39 is 5.97 Å². The molecule has 1 aliphatic rings. The van der Waals surface area contributed by atoms with Gasteiger partial charge in [-0.15, -0.1) is 0 Å². The zero-order chi connectivity index (χ0) is 14.8. The molecule has 2 aromatic rings. The summed E-state index contributed by atoms with van der Waals surface area (Å²) in [7, 11) is 0. The van der Waals surface area contributed by atoms with Gasteiger partial charge in [0.2, 0.25) is 0 Å². The van der Waals surface area contributed by atoms with E-state index in [2.05, 4.69) is 17.3 Å². The summed E-state index contributed by atoms with van der Waals surface area (Å²) in [5, 5.41) is 13.7. The van der Waals surface area contributed by atoms with Gasteiger partial charge >= 0.3 is 5.97 Å². The van der Waals surface area contributed by atoms with Gasteiger partial charge in [0.1, 0.15) is 0 Å². The molecule has 0 fully saturated rings. The van der Waals surface area contributed by atoms with Crippen molar-refractivity contribution in [2.75, 3.05) is 0 Å². The van der Waals surface area contributed by atoms with Crippen molar-refractivity contribution in [2.45, 2.75) is 19.3 Å². The first-order valence-electron chi connectivity index (χ1n) is 6.90. The number of benzene rings is 1. The smallest absolute Gasteiger partial charge is 0.356 e. The van der Waals surface area contributed by atoms with Gasteiger partial charge in [0, 0.05) is 11.5 Å². The highest BCUT2D eigenvalue weighted by atomic mass is 16.4. The average Bonchev–Trinajstić information content (AvgIpc) is 2.87. The lowest BCUT2D eigenvalue weighted by molar-refractivity contribution is 0.0689. The molecule has 0 radical (unpaired) electrons. The normalized spacial score (nSPS) is 17.1. The second-order valence-electron chi connectivity index (χ2n) is 5.07. The highest BCUT2D eigenvalue weighted by Crippen LogP contribution is 2.31. The molecule has 1 aromatic heterocycles. The molecule has 0 spiro atoms. The molecule has 106 valence electrons. The Kier molecular flexibility index (Phi) is 3.44. The van der Waals surface area contributed by atoms with Gasteiger partial charge in [0.15, 0.2) is 5.69 Å². The van der Waals surface area contributed by atoms with Crippen LogP contribution in [0.1, 0.15) is 34.1 Å². The maximum absolute atomic E-state index is 11.4. The molecule has 4 nitrogen and oxygen atoms in total. The Morgan fingerprint density at radius 3 is 2.67 bits per heavy atom. The minimum atomic E-state index is -0.987. The second kappa shape index (κ2) is 5.40. The molecular formula is C17H16N2O2. The van der Waals surface area contributed by atoms with Crippen LogP contribution in [-0.2, 0) is 0 Å². The third-order valence-electron chi connectivity index (χ3n) is 3.70. The van der Waals surface area contributed by atoms with Crippen LogP contribution in [0, 0.1) is 6.92 Å². The van der Waals surface area contributed by atoms with Gasteiger partial charge in [-0.1, -0.05) is 42.5 Å². The number of rotatable bonds is 3. The van der Waals surface area contributed by atoms with E-state index in [1.165, 1.54) is 0 Å². The first-order valence-corrected chi connectivity index (χ1v) is 6.90. The van der Waals surface area contributed by atoms with E-state index in [0.717, 1.165) is 23.4 Å². The Labute approximate surface area is 123 Å². The summed E-state index contributed by atoms with van der Waals surface area (Å²) >= 11 is 0. The molecule has 1 heterocycles. The maximum Gasteiger partial charge on any atom is 0.356 e. The highest BCUT2D eigenvalue weighted by Gasteiger charge is 2.24. The second-order valence-corrected chi connectivity index (χ2v) is 5.07. The molecule has 1 atom stereocenters. The van der Waals surface area contributed by atoms with E-state index >= 15 is 0 Å². The Morgan fingerprint density at radius 1 is 1.29 bits per heavy atom. The van der Waals surface area contributed by atoms with Gasteiger partial charge in [0.25, 0.3) is 0 Å². The number of allylic oxidation sites excluding steroid dienone is 4. The quantitative estimate of drug-likeness (QED) is 0.936. The molecule has 3 rings (SSSR count). The van der Waals surface area contributed by atoms with Gasteiger partial charge in [-0.25, -0.2) is 9.48 Å². The zero-order valence-electron chi connectivity index (χ0n) is 11.7. The number of carbonyl (C=O) groups is 1. The van der Waals surface area contributed by atoms with Crippen LogP contribution < -0.4 is 0 Å². The summed E-state index contributed by atoms with van der Waals surface area (Å²) in [6.07, 6.45) is 9.04. The van der Waals surface area contributed by atoms with Crippen LogP contribution in [0.5, 0.6) is 0 Å². The first kappa shape index (κ1) is 13.4. The Bertz CT molecular complexity index is 727. The van der Waals surface area contributed by atoms with Crippen molar-refractivity contribution in [3.63, 3.8) is 0 Å². The van der Waals surface area contributed by atoms with Crippen LogP contribution in [0.4, 0.5) is 0 Å². The van der Waals surface area contributed by atoms with Gasteiger partial charge in [-0.3, -0.25) is 0 Å². The topological polar surface area (TPSA) is 55.1 Å². The highest BCUT2D eigenvalue weighted by molar-refractivity contribution is 5.87. The van der Waals surface area contributed by atoms with Crippen LogP contribution in [0.25, 0.3) is 5.69 Å². The van der Waals surface area contributed by atoms with Gasteiger partial charge in [0.05, 0.1) is 11.4 Å². The number of nitrogens with zero attached hydrogens (tertiary/aromatic N) is 2. The number of para-hydroxylation sites is 1. The molecule has 1 aromatic carbocycles. The van der Waals surface area contributed by atoms with E-state index in [9.17, 15) is 9.90 Å². The third-order valence-corrected chi connectivity index (χ3v) is 3.70. The molecule has 21 heavy (non-hydrogen) atoms. The lowest BCUT2D eigenvalue weighted by atomic mass is 9.94. The van der Waals surface area contributed by atoms with Gasteiger partial charge < -0.3 is 5.11 Å². The Hall–Kier alpha value is -2.62. The van der Waals surface area contributed by atoms with Gasteiger partial charge in [-0.05, 0) is 25.5 Å². The zero-order valence-corrected chi connectivity index (χ0v) is 11.7. The van der Waals surface area contributed by atoms with Crippen molar-refractivity contribution in [3.05, 3.63) is 71.6 Å². The number of carboxylic acid groups (broad SMARTS) is 1. The number of hydrogen-bond donors (Lipinski definition) is 1. The fourth-order valence-corrected chi connectivity index (χ4v) is 2.70. The number of hydrogen-bond acceptors (Lipinski definition) is 2. The van der Waals surface area contributed by atoms with Crippen LogP contribution in [0.15, 0.2) is 54.6 Å². The standard InChI is InChI=1S/C17H16N2O2/c1-12-15(17(20)21)18-19(14-10-6-3-7-11-14)16(12)13-8-4-2-5-9-13/h2-8,10-11,13H,9H2,1H3,(H,20,21). The number of aromatic nitrogens is 2. The molecule has 0 amide bonds. The van der Waals surface area contributed by atoms with Crippen molar-refractivity contribution in [1.29, 1.82) is 0 Å². The maximum atomic E-state index is 11.4. The van der Waals surface area contributed by atoms with E-state index in [4.69, 9.17) is 0 Å². The molecule has 0 bridgehead atoms. The molecule has 1 aliphatic carbocycles. The van der Waals surface area contributed by atoms with E-state index in [1.54, 1.807) is 4.68 Å². The van der Waals surface area contributed by atoms with Crippen LogP contribution >= 0.6 is 0 Å². The average molecular weight is 280 g/mol. The van der Waals surface area contributed by atoms with Crippen molar-refractivity contribution in [1.82, 2.24) is 9.78 Å². The molecule has 0 aliphatic heterocycles. The fraction of sp³-hybridized carbons (Fsp3) is 0.176. The predicted octanol–water partition coefficient (Wildman–Crippen LogP) is 3.48. The Morgan fingerprint density at radius 2 is 2.05 bits per heavy atom. The number of carboxylic acids is 1. The predicted molar refractivity (Wildman–Crippen MR) is 80.9 cm³/mol. The van der Waals surface area contributed by atoms with Crippen molar-refractivity contribution >= 4 is 5.97 Å². The SMILES string of the molecule is Cc1c(C(=O)O)nn(-c2ccccc2)c1C1C=CC=CC1. The summed E-state index contributed by atoms with van der Waals surface area (Å²) < 4.78 is 1.76. The monoisotopic (exact) mass is 280 g/mol. The minimum absolute atomic E-state index is 0.122. The largest absolute Gasteiger partial charge is 0.476 e. The van der Waals surface area contributed by atoms with E-state index in [-0.39, 0.29) is 11.6 Å². The first-order chi connectivity index (χ1) is 10.2. The Balaban J connectivity index is 2.18. The summed E-state index contributed by atoms with van der Waals surface area (Å²) in [5.74, 6) is -0.838. The van der Waals surface area contributed by atoms with E-state index in [1.807, 2.05) is 49.4 Å². The number of aromatic carboxylic acids is 1. The fourth-order valence-electron chi connectivity index (χ4n) is 2.70. The molecule has 1 N–H and O–H groups in total. The summed E-state index contributed by atoms with van der Waals surface area (Å²) in [4.78, 5) is 11.4. The molecule has 4 heteroatoms. The van der Waals surface area contributed by atoms with Crippen LogP contribution in [-0.4, -0.2) is 20.9 Å². The molecule has 0 saturated carbocycles. The van der Waals surface area contributed by atoms with Crippen molar-refractivity contribution < 1.29 is 9.90 Å². The molecular weight excluding hydrogens is 264 g/mol. The van der Waals surface area contributed by atoms with Crippen LogP contribution in [0.2, 0.25) is 0 Å².